The first-order chi connectivity index (χ1) is 4.38. The van der Waals surface area contributed by atoms with Crippen LogP contribution >= 0.6 is 0 Å². The molecule has 0 saturated heterocycles. The summed E-state index contributed by atoms with van der Waals surface area (Å²) in [7, 11) is 0. The predicted octanol–water partition coefficient (Wildman–Crippen LogP) is 0.195. The lowest BCUT2D eigenvalue weighted by Crippen LogP contribution is -1.82. The minimum absolute atomic E-state index is 0.0926. The molecule has 0 amide bonds. The lowest BCUT2D eigenvalue weighted by atomic mass is 10.3. The maximum Gasteiger partial charge on any atom is 0.272 e. The minimum atomic E-state index is -0.0926. The van der Waals surface area contributed by atoms with Crippen LogP contribution in [-0.2, 0) is 9.59 Å². The van der Waals surface area contributed by atoms with Gasteiger partial charge in [-0.1, -0.05) is 0 Å². The summed E-state index contributed by atoms with van der Waals surface area (Å²) in [6, 6.07) is 1.35. The molecule has 0 fully saturated rings. The summed E-state index contributed by atoms with van der Waals surface area (Å²) in [6.45, 7) is 0. The first kappa shape index (κ1) is 5.75. The van der Waals surface area contributed by atoms with E-state index in [0.717, 1.165) is 0 Å². The second-order valence-electron chi connectivity index (χ2n) is 1.37. The van der Waals surface area contributed by atoms with E-state index in [2.05, 4.69) is 4.42 Å². The Morgan fingerprint density at radius 3 is 2.56 bits per heavy atom. The summed E-state index contributed by atoms with van der Waals surface area (Å²) < 4.78 is 4.52. The summed E-state index contributed by atoms with van der Waals surface area (Å²) >= 11 is 0. The number of hydrogen-bond acceptors (Lipinski definition) is 3. The van der Waals surface area contributed by atoms with E-state index in [1.165, 1.54) is 24.9 Å². The summed E-state index contributed by atoms with van der Waals surface area (Å²) in [5, 5.41) is 0. The third-order valence-electron chi connectivity index (χ3n) is 0.868. The molecular formula is C6H2O3. The van der Waals surface area contributed by atoms with Gasteiger partial charge in [-0.15, -0.1) is 0 Å². The van der Waals surface area contributed by atoms with Gasteiger partial charge in [0.25, 0.3) is 6.29 Å². The number of furan rings is 1. The molecule has 1 rings (SSSR count). The van der Waals surface area contributed by atoms with E-state index in [9.17, 15) is 9.59 Å². The molecule has 0 aromatic carbocycles. The Hall–Kier alpha value is -1.38. The summed E-state index contributed by atoms with van der Waals surface area (Å²) in [5.74, 6) is -0.0926. The van der Waals surface area contributed by atoms with Gasteiger partial charge < -0.3 is 4.42 Å². The van der Waals surface area contributed by atoms with Gasteiger partial charge in [-0.25, -0.2) is 0 Å². The first-order valence-corrected chi connectivity index (χ1v) is 2.22. The van der Waals surface area contributed by atoms with Crippen LogP contribution in [0, 0.1) is 0 Å². The molecule has 44 valence electrons. The van der Waals surface area contributed by atoms with Crippen LogP contribution in [0.5, 0.6) is 0 Å². The van der Waals surface area contributed by atoms with Crippen molar-refractivity contribution in [2.45, 2.75) is 0 Å². The van der Waals surface area contributed by atoms with Crippen LogP contribution in [-0.4, -0.2) is 12.6 Å². The second kappa shape index (κ2) is 2.26. The summed E-state index contributed by atoms with van der Waals surface area (Å²) in [5.41, 5.74) is 0.116. The van der Waals surface area contributed by atoms with Crippen LogP contribution < -0.4 is 0 Å². The van der Waals surface area contributed by atoms with Gasteiger partial charge in [0.2, 0.25) is 6.29 Å². The maximum atomic E-state index is 9.88. The molecule has 0 aliphatic rings. The number of rotatable bonds is 2. The van der Waals surface area contributed by atoms with Gasteiger partial charge in [-0.3, -0.25) is 9.59 Å². The molecule has 0 aliphatic heterocycles. The van der Waals surface area contributed by atoms with Gasteiger partial charge in [0.15, 0.2) is 5.76 Å². The molecule has 0 aliphatic carbocycles. The lowest BCUT2D eigenvalue weighted by Gasteiger charge is -1.75. The van der Waals surface area contributed by atoms with Crippen molar-refractivity contribution in [3.8, 4) is 0 Å². The number of hydrogen-bond donors (Lipinski definition) is 0. The van der Waals surface area contributed by atoms with Gasteiger partial charge in [0, 0.05) is 0 Å². The topological polar surface area (TPSA) is 47.3 Å². The molecule has 3 nitrogen and oxygen atoms in total. The zero-order valence-electron chi connectivity index (χ0n) is 4.38. The summed E-state index contributed by atoms with van der Waals surface area (Å²) in [6.07, 6.45) is 4.20. The molecule has 9 heavy (non-hydrogen) atoms. The van der Waals surface area contributed by atoms with E-state index < -0.39 is 0 Å². The fraction of sp³-hybridized carbons (Fsp3) is 0. The van der Waals surface area contributed by atoms with Gasteiger partial charge in [0.1, 0.15) is 0 Å². The molecule has 0 spiro atoms. The average Bonchev–Trinajstić information content (AvgIpc) is 2.33. The number of carbonyl (C=O) groups excluding carboxylic acids is 2. The van der Waals surface area contributed by atoms with Crippen molar-refractivity contribution in [1.82, 2.24) is 0 Å². The smallest absolute Gasteiger partial charge is 0.272 e. The lowest BCUT2D eigenvalue weighted by molar-refractivity contribution is 0.516. The third kappa shape index (κ3) is 0.887. The van der Waals surface area contributed by atoms with E-state index >= 15 is 0 Å². The van der Waals surface area contributed by atoms with Crippen LogP contribution in [0.25, 0.3) is 0 Å². The third-order valence-corrected chi connectivity index (χ3v) is 0.868. The van der Waals surface area contributed by atoms with E-state index in [1.54, 1.807) is 0 Å². The van der Waals surface area contributed by atoms with Crippen molar-refractivity contribution in [1.29, 1.82) is 0 Å². The second-order valence-corrected chi connectivity index (χ2v) is 1.37. The Balaban J connectivity index is 3.12. The molecule has 0 atom stereocenters. The van der Waals surface area contributed by atoms with Crippen LogP contribution in [0.15, 0.2) is 16.7 Å². The minimum Gasteiger partial charge on any atom is -0.460 e. The normalized spacial score (nSPS) is 8.89. The van der Waals surface area contributed by atoms with Crippen molar-refractivity contribution in [3.63, 3.8) is 0 Å². The fourth-order valence-electron chi connectivity index (χ4n) is 0.469. The van der Waals surface area contributed by atoms with Crippen LogP contribution in [0.1, 0.15) is 11.3 Å². The van der Waals surface area contributed by atoms with Gasteiger partial charge in [-0.2, -0.15) is 0 Å². The van der Waals surface area contributed by atoms with Gasteiger partial charge >= 0.3 is 0 Å². The Kier molecular flexibility index (Phi) is 1.44. The Labute approximate surface area is 51.3 Å². The van der Waals surface area contributed by atoms with E-state index in [4.69, 9.17) is 0 Å². The highest BCUT2D eigenvalue weighted by molar-refractivity contribution is 5.87. The van der Waals surface area contributed by atoms with Gasteiger partial charge in [-0.05, 0) is 6.07 Å². The zero-order chi connectivity index (χ0) is 6.69. The molecule has 1 aromatic heterocycles. The molecule has 2 radical (unpaired) electrons. The molecular weight excluding hydrogens is 120 g/mol. The monoisotopic (exact) mass is 122 g/mol. The highest BCUT2D eigenvalue weighted by Gasteiger charge is 2.03. The van der Waals surface area contributed by atoms with Crippen molar-refractivity contribution in [2.75, 3.05) is 0 Å². The van der Waals surface area contributed by atoms with Crippen molar-refractivity contribution in [2.24, 2.45) is 0 Å². The highest BCUT2D eigenvalue weighted by Crippen LogP contribution is 2.02. The molecule has 1 heterocycles. The predicted molar refractivity (Wildman–Crippen MR) is 28.3 cm³/mol. The SMILES string of the molecule is O=[C]c1ccoc1[C]=O. The average molecular weight is 122 g/mol. The van der Waals surface area contributed by atoms with Crippen molar-refractivity contribution in [3.05, 3.63) is 23.7 Å². The fourth-order valence-corrected chi connectivity index (χ4v) is 0.469. The molecule has 0 N–H and O–H groups in total. The van der Waals surface area contributed by atoms with Crippen LogP contribution in [0.2, 0.25) is 0 Å². The Morgan fingerprint density at radius 2 is 2.11 bits per heavy atom. The Morgan fingerprint density at radius 1 is 1.33 bits per heavy atom. The first-order valence-electron chi connectivity index (χ1n) is 2.22. The molecule has 0 bridgehead atoms. The van der Waals surface area contributed by atoms with Crippen LogP contribution in [0.4, 0.5) is 0 Å². The molecule has 0 unspecified atom stereocenters. The van der Waals surface area contributed by atoms with Gasteiger partial charge in [0.05, 0.1) is 11.8 Å². The van der Waals surface area contributed by atoms with E-state index in [1.807, 2.05) is 0 Å². The van der Waals surface area contributed by atoms with E-state index in [0.29, 0.717) is 0 Å². The van der Waals surface area contributed by atoms with Crippen molar-refractivity contribution < 1.29 is 14.0 Å². The summed E-state index contributed by atoms with van der Waals surface area (Å²) in [4.78, 5) is 19.7. The zero-order valence-corrected chi connectivity index (χ0v) is 4.38. The van der Waals surface area contributed by atoms with Crippen LogP contribution in [0.3, 0.4) is 0 Å². The largest absolute Gasteiger partial charge is 0.460 e. The maximum absolute atomic E-state index is 9.88. The molecule has 3 heteroatoms. The standard InChI is InChI=1S/C6H2O3/c7-3-5-1-2-9-6(5)4-8/h1-2H. The molecule has 0 saturated carbocycles. The quantitative estimate of drug-likeness (QED) is 0.562. The van der Waals surface area contributed by atoms with E-state index in [-0.39, 0.29) is 11.3 Å². The highest BCUT2D eigenvalue weighted by atomic mass is 16.3. The molecule has 1 aromatic rings. The Bertz CT molecular complexity index is 201. The van der Waals surface area contributed by atoms with Crippen molar-refractivity contribution >= 4 is 12.6 Å².